The van der Waals surface area contributed by atoms with Gasteiger partial charge in [0.15, 0.2) is 0 Å². The van der Waals surface area contributed by atoms with Crippen molar-refractivity contribution in [2.45, 2.75) is 25.8 Å². The minimum atomic E-state index is 0.894. The molecule has 0 spiro atoms. The van der Waals surface area contributed by atoms with Gasteiger partial charge in [0.05, 0.1) is 5.69 Å². The Bertz CT molecular complexity index is 404. The first-order valence-corrected chi connectivity index (χ1v) is 8.44. The van der Waals surface area contributed by atoms with Gasteiger partial charge in [-0.05, 0) is 89.8 Å². The van der Waals surface area contributed by atoms with E-state index in [0.29, 0.717) is 0 Å². The van der Waals surface area contributed by atoms with E-state index in [4.69, 9.17) is 0 Å². The van der Waals surface area contributed by atoms with Crippen LogP contribution in [0.3, 0.4) is 0 Å². The second-order valence-electron chi connectivity index (χ2n) is 5.19. The fourth-order valence-electron chi connectivity index (χ4n) is 2.55. The van der Waals surface area contributed by atoms with Crippen LogP contribution in [0.1, 0.15) is 25.0 Å². The van der Waals surface area contributed by atoms with Crippen molar-refractivity contribution in [1.82, 2.24) is 15.2 Å². The molecule has 1 saturated heterocycles. The molecule has 2 heterocycles. The smallest absolute Gasteiger partial charge is 0.0686 e. The second-order valence-corrected chi connectivity index (χ2v) is 6.96. The van der Waals surface area contributed by atoms with E-state index < -0.39 is 0 Å². The van der Waals surface area contributed by atoms with E-state index >= 15 is 0 Å². The average molecular weight is 391 g/mol. The molecule has 3 nitrogen and oxygen atoms in total. The Balaban J connectivity index is 1.82. The summed E-state index contributed by atoms with van der Waals surface area (Å²) in [4.78, 5) is 7.01. The monoisotopic (exact) mass is 389 g/mol. The van der Waals surface area contributed by atoms with E-state index in [0.717, 1.165) is 33.6 Å². The van der Waals surface area contributed by atoms with Crippen LogP contribution >= 0.6 is 31.9 Å². The van der Waals surface area contributed by atoms with Crippen molar-refractivity contribution < 1.29 is 0 Å². The lowest BCUT2D eigenvalue weighted by Gasteiger charge is -2.31. The molecule has 106 valence electrons. The normalized spacial score (nSPS) is 17.8. The zero-order chi connectivity index (χ0) is 13.7. The molecule has 1 aromatic rings. The summed E-state index contributed by atoms with van der Waals surface area (Å²) in [5.74, 6) is 0.894. The Kier molecular flexibility index (Phi) is 6.26. The molecule has 0 aromatic carbocycles. The van der Waals surface area contributed by atoms with Crippen LogP contribution in [0.15, 0.2) is 21.2 Å². The molecule has 0 saturated carbocycles. The third kappa shape index (κ3) is 4.81. The fraction of sp³-hybridized carbons (Fsp3) is 0.643. The van der Waals surface area contributed by atoms with Crippen molar-refractivity contribution >= 4 is 31.9 Å². The minimum absolute atomic E-state index is 0.894. The van der Waals surface area contributed by atoms with Gasteiger partial charge < -0.3 is 5.32 Å². The van der Waals surface area contributed by atoms with Crippen LogP contribution in [-0.2, 0) is 6.54 Å². The topological polar surface area (TPSA) is 28.2 Å². The number of nitrogens with one attached hydrogen (secondary N) is 1. The molecule has 1 aliphatic heterocycles. The number of nitrogens with zero attached hydrogens (tertiary/aromatic N) is 2. The SMILES string of the molecule is CNCCC1CCN(Cc2ncc(Br)cc2Br)CC1. The number of pyridine rings is 1. The summed E-state index contributed by atoms with van der Waals surface area (Å²) in [7, 11) is 2.03. The van der Waals surface area contributed by atoms with Gasteiger partial charge in [-0.15, -0.1) is 0 Å². The zero-order valence-corrected chi connectivity index (χ0v) is 14.5. The zero-order valence-electron chi connectivity index (χ0n) is 11.3. The lowest BCUT2D eigenvalue weighted by molar-refractivity contribution is 0.170. The van der Waals surface area contributed by atoms with Crippen LogP contribution < -0.4 is 5.32 Å². The number of halogens is 2. The quantitative estimate of drug-likeness (QED) is 0.834. The average Bonchev–Trinajstić information content (AvgIpc) is 2.41. The third-order valence-electron chi connectivity index (χ3n) is 3.77. The fourth-order valence-corrected chi connectivity index (χ4v) is 3.67. The van der Waals surface area contributed by atoms with Crippen molar-refractivity contribution in [3.8, 4) is 0 Å². The molecule has 0 amide bonds. The predicted octanol–water partition coefficient (Wildman–Crippen LogP) is 3.43. The maximum absolute atomic E-state index is 4.50. The van der Waals surface area contributed by atoms with Gasteiger partial charge in [-0.1, -0.05) is 0 Å². The van der Waals surface area contributed by atoms with Crippen molar-refractivity contribution in [1.29, 1.82) is 0 Å². The van der Waals surface area contributed by atoms with Crippen molar-refractivity contribution in [2.75, 3.05) is 26.7 Å². The van der Waals surface area contributed by atoms with Gasteiger partial charge in [-0.25, -0.2) is 0 Å². The van der Waals surface area contributed by atoms with E-state index in [1.54, 1.807) is 0 Å². The molecule has 1 aromatic heterocycles. The molecule has 2 rings (SSSR count). The number of aromatic nitrogens is 1. The number of piperidine rings is 1. The van der Waals surface area contributed by atoms with Gasteiger partial charge in [-0.3, -0.25) is 9.88 Å². The van der Waals surface area contributed by atoms with Crippen LogP contribution in [0, 0.1) is 5.92 Å². The molecule has 0 bridgehead atoms. The van der Waals surface area contributed by atoms with E-state index in [-0.39, 0.29) is 0 Å². The minimum Gasteiger partial charge on any atom is -0.320 e. The first-order chi connectivity index (χ1) is 9.19. The molecule has 1 N–H and O–H groups in total. The summed E-state index contributed by atoms with van der Waals surface area (Å²) in [5, 5.41) is 3.24. The highest BCUT2D eigenvalue weighted by Crippen LogP contribution is 2.24. The lowest BCUT2D eigenvalue weighted by Crippen LogP contribution is -2.34. The Morgan fingerprint density at radius 1 is 1.37 bits per heavy atom. The first kappa shape index (κ1) is 15.4. The summed E-state index contributed by atoms with van der Waals surface area (Å²) in [6.45, 7) is 4.48. The summed E-state index contributed by atoms with van der Waals surface area (Å²) >= 11 is 7.03. The molecule has 19 heavy (non-hydrogen) atoms. The van der Waals surface area contributed by atoms with Crippen LogP contribution in [0.25, 0.3) is 0 Å². The molecule has 1 fully saturated rings. The largest absolute Gasteiger partial charge is 0.320 e. The third-order valence-corrected chi connectivity index (χ3v) is 4.89. The highest BCUT2D eigenvalue weighted by molar-refractivity contribution is 9.11. The highest BCUT2D eigenvalue weighted by atomic mass is 79.9. The second kappa shape index (κ2) is 7.72. The van der Waals surface area contributed by atoms with E-state index in [9.17, 15) is 0 Å². The summed E-state index contributed by atoms with van der Waals surface area (Å²) < 4.78 is 2.12. The maximum Gasteiger partial charge on any atom is 0.0686 e. The summed E-state index contributed by atoms with van der Waals surface area (Å²) in [6, 6.07) is 2.07. The lowest BCUT2D eigenvalue weighted by atomic mass is 9.93. The maximum atomic E-state index is 4.50. The van der Waals surface area contributed by atoms with Crippen LogP contribution in [-0.4, -0.2) is 36.6 Å². The van der Waals surface area contributed by atoms with Crippen LogP contribution in [0.5, 0.6) is 0 Å². The number of likely N-dealkylation sites (tertiary alicyclic amines) is 1. The molecule has 5 heteroatoms. The van der Waals surface area contributed by atoms with E-state index in [1.165, 1.54) is 32.4 Å². The number of hydrogen-bond acceptors (Lipinski definition) is 3. The van der Waals surface area contributed by atoms with Gasteiger partial charge >= 0.3 is 0 Å². The Labute approximate surface area is 132 Å². The Morgan fingerprint density at radius 3 is 2.74 bits per heavy atom. The van der Waals surface area contributed by atoms with Crippen LogP contribution in [0.2, 0.25) is 0 Å². The Hall–Kier alpha value is 0.0300. The van der Waals surface area contributed by atoms with Crippen molar-refractivity contribution in [2.24, 2.45) is 5.92 Å². The molecular formula is C14H21Br2N3. The molecule has 0 radical (unpaired) electrons. The Morgan fingerprint density at radius 2 is 2.11 bits per heavy atom. The highest BCUT2D eigenvalue weighted by Gasteiger charge is 2.19. The summed E-state index contributed by atoms with van der Waals surface area (Å²) in [5.41, 5.74) is 1.14. The summed E-state index contributed by atoms with van der Waals surface area (Å²) in [6.07, 6.45) is 5.82. The van der Waals surface area contributed by atoms with Gasteiger partial charge in [0, 0.05) is 21.7 Å². The van der Waals surface area contributed by atoms with Gasteiger partial charge in [-0.2, -0.15) is 0 Å². The number of hydrogen-bond donors (Lipinski definition) is 1. The van der Waals surface area contributed by atoms with E-state index in [2.05, 4.69) is 53.1 Å². The van der Waals surface area contributed by atoms with Gasteiger partial charge in [0.25, 0.3) is 0 Å². The van der Waals surface area contributed by atoms with Crippen LogP contribution in [0.4, 0.5) is 0 Å². The molecular weight excluding hydrogens is 370 g/mol. The molecule has 0 aliphatic carbocycles. The predicted molar refractivity (Wildman–Crippen MR) is 86.2 cm³/mol. The van der Waals surface area contributed by atoms with Gasteiger partial charge in [0.2, 0.25) is 0 Å². The molecule has 0 atom stereocenters. The van der Waals surface area contributed by atoms with Crippen molar-refractivity contribution in [3.05, 3.63) is 26.9 Å². The molecule has 1 aliphatic rings. The molecule has 0 unspecified atom stereocenters. The standard InChI is InChI=1S/C14H21Br2N3/c1-17-5-2-11-3-6-19(7-4-11)10-14-13(16)8-12(15)9-18-14/h8-9,11,17H,2-7,10H2,1H3. The van der Waals surface area contributed by atoms with E-state index in [1.807, 2.05) is 13.2 Å². The number of rotatable bonds is 5. The van der Waals surface area contributed by atoms with Crippen molar-refractivity contribution in [3.63, 3.8) is 0 Å². The van der Waals surface area contributed by atoms with Gasteiger partial charge in [0.1, 0.15) is 0 Å². The first-order valence-electron chi connectivity index (χ1n) is 6.86.